The number of alkyl halides is 3. The van der Waals surface area contributed by atoms with Crippen molar-refractivity contribution in [2.45, 2.75) is 6.18 Å². The van der Waals surface area contributed by atoms with Gasteiger partial charge in [-0.3, -0.25) is 4.79 Å². The van der Waals surface area contributed by atoms with Gasteiger partial charge in [0.1, 0.15) is 12.4 Å². The van der Waals surface area contributed by atoms with Crippen molar-refractivity contribution in [3.63, 3.8) is 0 Å². The summed E-state index contributed by atoms with van der Waals surface area (Å²) in [6.07, 6.45) is -4.69. The molecule has 6 nitrogen and oxygen atoms in total. The first-order chi connectivity index (χ1) is 14.8. The van der Waals surface area contributed by atoms with E-state index in [1.54, 1.807) is 36.4 Å². The number of benzene rings is 2. The van der Waals surface area contributed by atoms with Gasteiger partial charge in [0.05, 0.1) is 22.3 Å². The first kappa shape index (κ1) is 22.8. The molecule has 0 saturated carbocycles. The molecule has 0 fully saturated rings. The second kappa shape index (κ2) is 9.93. The third kappa shape index (κ3) is 6.05. The lowest BCUT2D eigenvalue weighted by molar-refractivity contribution is -0.141. The summed E-state index contributed by atoms with van der Waals surface area (Å²) >= 11 is 12.0. The smallest absolute Gasteiger partial charge is 0.435 e. The van der Waals surface area contributed by atoms with Crippen molar-refractivity contribution >= 4 is 29.1 Å². The average molecular weight is 474 g/mol. The normalized spacial score (nSPS) is 11.3. The predicted molar refractivity (Wildman–Crippen MR) is 109 cm³/mol. The molecule has 0 unspecified atom stereocenters. The second-order valence-electron chi connectivity index (χ2n) is 6.15. The summed E-state index contributed by atoms with van der Waals surface area (Å²) in [6.45, 7) is -0.240. The fraction of sp³-hybridized carbons (Fsp3) is 0.200. The van der Waals surface area contributed by atoms with Crippen LogP contribution in [0, 0.1) is 0 Å². The molecule has 1 aromatic heterocycles. The molecule has 2 aromatic carbocycles. The molecule has 0 saturated heterocycles. The number of hydrogen-bond donors (Lipinski definition) is 1. The van der Waals surface area contributed by atoms with Crippen LogP contribution in [-0.2, 0) is 11.0 Å². The van der Waals surface area contributed by atoms with Crippen molar-refractivity contribution < 1.29 is 27.4 Å². The molecule has 1 amide bonds. The van der Waals surface area contributed by atoms with E-state index in [2.05, 4.69) is 10.4 Å². The molecule has 3 rings (SSSR count). The van der Waals surface area contributed by atoms with Gasteiger partial charge in [0.25, 0.3) is 5.91 Å². The summed E-state index contributed by atoms with van der Waals surface area (Å²) in [6, 6.07) is 13.8. The second-order valence-corrected chi connectivity index (χ2v) is 6.96. The van der Waals surface area contributed by atoms with Crippen LogP contribution in [0.5, 0.6) is 11.6 Å². The van der Waals surface area contributed by atoms with E-state index < -0.39 is 24.4 Å². The molecule has 1 N–H and O–H groups in total. The van der Waals surface area contributed by atoms with E-state index in [-0.39, 0.29) is 29.7 Å². The van der Waals surface area contributed by atoms with Crippen LogP contribution in [0.1, 0.15) is 5.69 Å². The minimum absolute atomic E-state index is 0.144. The van der Waals surface area contributed by atoms with Gasteiger partial charge in [-0.05, 0) is 24.3 Å². The molecule has 0 radical (unpaired) electrons. The van der Waals surface area contributed by atoms with Crippen LogP contribution in [0.25, 0.3) is 5.69 Å². The van der Waals surface area contributed by atoms with Gasteiger partial charge in [0.15, 0.2) is 12.3 Å². The third-order valence-electron chi connectivity index (χ3n) is 3.92. The van der Waals surface area contributed by atoms with Crippen LogP contribution < -0.4 is 14.8 Å². The first-order valence-corrected chi connectivity index (χ1v) is 9.70. The minimum atomic E-state index is -4.69. The number of halogens is 5. The number of rotatable bonds is 8. The molecule has 0 spiro atoms. The Kier molecular flexibility index (Phi) is 7.29. The maximum Gasteiger partial charge on any atom is 0.435 e. The summed E-state index contributed by atoms with van der Waals surface area (Å²) in [5, 5.41) is 6.67. The summed E-state index contributed by atoms with van der Waals surface area (Å²) in [7, 11) is 0. The summed E-state index contributed by atoms with van der Waals surface area (Å²) in [5.74, 6) is -0.357. The minimum Gasteiger partial charge on any atom is -0.490 e. The fourth-order valence-corrected chi connectivity index (χ4v) is 2.91. The first-order valence-electron chi connectivity index (χ1n) is 8.94. The Morgan fingerprint density at radius 2 is 1.71 bits per heavy atom. The number of hydrogen-bond acceptors (Lipinski definition) is 4. The molecule has 1 heterocycles. The van der Waals surface area contributed by atoms with Gasteiger partial charge < -0.3 is 14.8 Å². The molecule has 0 bridgehead atoms. The molecule has 164 valence electrons. The van der Waals surface area contributed by atoms with Gasteiger partial charge >= 0.3 is 6.18 Å². The molecule has 31 heavy (non-hydrogen) atoms. The number of carbonyl (C=O) groups excluding carboxylic acids is 1. The average Bonchev–Trinajstić information content (AvgIpc) is 3.16. The molecular formula is C20H16Cl2F3N3O3. The zero-order valence-corrected chi connectivity index (χ0v) is 17.3. The third-order valence-corrected chi connectivity index (χ3v) is 4.55. The summed E-state index contributed by atoms with van der Waals surface area (Å²) < 4.78 is 50.9. The lowest BCUT2D eigenvalue weighted by atomic mass is 10.3. The molecule has 0 aliphatic heterocycles. The Labute approximate surface area is 185 Å². The van der Waals surface area contributed by atoms with Gasteiger partial charge in [-0.2, -0.15) is 23.0 Å². The van der Waals surface area contributed by atoms with Crippen LogP contribution in [0.4, 0.5) is 13.2 Å². The number of aromatic nitrogens is 2. The number of nitrogens with one attached hydrogen (secondary N) is 1. The Balaban J connectivity index is 1.60. The van der Waals surface area contributed by atoms with Crippen molar-refractivity contribution in [1.82, 2.24) is 15.1 Å². The highest BCUT2D eigenvalue weighted by molar-refractivity contribution is 6.32. The SMILES string of the molecule is O=C(COc1cc(C(F)(F)F)nn1-c1ccccc1Cl)NCCOc1ccccc1Cl. The zero-order valence-electron chi connectivity index (χ0n) is 15.8. The fourth-order valence-electron chi connectivity index (χ4n) is 2.51. The standard InChI is InChI=1S/C20H16Cl2F3N3O3/c21-13-5-1-3-7-15(13)28-19(11-17(27-28)20(23,24)25)31-12-18(29)26-9-10-30-16-8-4-2-6-14(16)22/h1-8,11H,9-10,12H2,(H,26,29). The highest BCUT2D eigenvalue weighted by atomic mass is 35.5. The lowest BCUT2D eigenvalue weighted by Crippen LogP contribution is -2.32. The maximum atomic E-state index is 13.1. The molecule has 0 aliphatic rings. The van der Waals surface area contributed by atoms with Crippen molar-refractivity contribution in [2.24, 2.45) is 0 Å². The molecule has 0 aliphatic carbocycles. The van der Waals surface area contributed by atoms with Crippen molar-refractivity contribution in [2.75, 3.05) is 19.8 Å². The number of amides is 1. The Bertz CT molecular complexity index is 1060. The summed E-state index contributed by atoms with van der Waals surface area (Å²) in [5.41, 5.74) is -0.987. The van der Waals surface area contributed by atoms with E-state index in [9.17, 15) is 18.0 Å². The monoisotopic (exact) mass is 473 g/mol. The summed E-state index contributed by atoms with van der Waals surface area (Å²) in [4.78, 5) is 12.0. The van der Waals surface area contributed by atoms with Gasteiger partial charge in [-0.15, -0.1) is 0 Å². The maximum absolute atomic E-state index is 13.1. The zero-order chi connectivity index (χ0) is 22.4. The van der Waals surface area contributed by atoms with E-state index in [1.165, 1.54) is 12.1 Å². The Morgan fingerprint density at radius 3 is 2.39 bits per heavy atom. The van der Waals surface area contributed by atoms with Crippen LogP contribution in [0.3, 0.4) is 0 Å². The topological polar surface area (TPSA) is 65.4 Å². The Hall–Kier alpha value is -2.91. The van der Waals surface area contributed by atoms with Gasteiger partial charge in [0, 0.05) is 6.07 Å². The van der Waals surface area contributed by atoms with Gasteiger partial charge in [-0.1, -0.05) is 47.5 Å². The number of ether oxygens (including phenoxy) is 2. The van der Waals surface area contributed by atoms with E-state index >= 15 is 0 Å². The van der Waals surface area contributed by atoms with E-state index in [1.807, 2.05) is 0 Å². The van der Waals surface area contributed by atoms with Crippen molar-refractivity contribution in [3.05, 3.63) is 70.3 Å². The number of nitrogens with zero attached hydrogens (tertiary/aromatic N) is 2. The predicted octanol–water partition coefficient (Wildman–Crippen LogP) is 4.77. The number of carbonyl (C=O) groups is 1. The highest BCUT2D eigenvalue weighted by Crippen LogP contribution is 2.33. The van der Waals surface area contributed by atoms with Crippen LogP contribution >= 0.6 is 23.2 Å². The molecule has 11 heteroatoms. The largest absolute Gasteiger partial charge is 0.490 e. The van der Waals surface area contributed by atoms with Crippen LogP contribution in [0.2, 0.25) is 10.0 Å². The van der Waals surface area contributed by atoms with E-state index in [0.29, 0.717) is 16.8 Å². The number of para-hydroxylation sites is 2. The van der Waals surface area contributed by atoms with Crippen molar-refractivity contribution in [3.8, 4) is 17.3 Å². The molecular weight excluding hydrogens is 458 g/mol. The van der Waals surface area contributed by atoms with Gasteiger partial charge in [-0.25, -0.2) is 0 Å². The van der Waals surface area contributed by atoms with E-state index in [4.69, 9.17) is 32.7 Å². The molecule has 3 aromatic rings. The van der Waals surface area contributed by atoms with Gasteiger partial charge in [0.2, 0.25) is 5.88 Å². The van der Waals surface area contributed by atoms with Crippen LogP contribution in [0.15, 0.2) is 54.6 Å². The Morgan fingerprint density at radius 1 is 1.03 bits per heavy atom. The van der Waals surface area contributed by atoms with E-state index in [0.717, 1.165) is 4.68 Å². The lowest BCUT2D eigenvalue weighted by Gasteiger charge is -2.11. The quantitative estimate of drug-likeness (QED) is 0.478. The molecule has 0 atom stereocenters. The highest BCUT2D eigenvalue weighted by Gasteiger charge is 2.36. The van der Waals surface area contributed by atoms with Crippen LogP contribution in [-0.4, -0.2) is 35.4 Å². The van der Waals surface area contributed by atoms with Crippen molar-refractivity contribution in [1.29, 1.82) is 0 Å².